The topological polar surface area (TPSA) is 66.5 Å². The molecule has 14 heavy (non-hydrogen) atoms. The van der Waals surface area contributed by atoms with Crippen LogP contribution in [0.15, 0.2) is 18.2 Å². The summed E-state index contributed by atoms with van der Waals surface area (Å²) in [5, 5.41) is 18.9. The molecule has 78 valence electrons. The zero-order chi connectivity index (χ0) is 10.9. The van der Waals surface area contributed by atoms with Gasteiger partial charge in [-0.1, -0.05) is 20.8 Å². The zero-order valence-corrected chi connectivity index (χ0v) is 8.78. The van der Waals surface area contributed by atoms with Gasteiger partial charge in [-0.3, -0.25) is 0 Å². The van der Waals surface area contributed by atoms with Crippen LogP contribution in [0.4, 0.5) is 0 Å². The minimum absolute atomic E-state index is 0.123. The Morgan fingerprint density at radius 1 is 1.21 bits per heavy atom. The van der Waals surface area contributed by atoms with Gasteiger partial charge in [0, 0.05) is 11.6 Å². The number of rotatable bonds is 1. The van der Waals surface area contributed by atoms with E-state index in [1.54, 1.807) is 0 Å². The fourth-order valence-corrected chi connectivity index (χ4v) is 1.26. The van der Waals surface area contributed by atoms with Crippen molar-refractivity contribution in [2.75, 3.05) is 0 Å². The van der Waals surface area contributed by atoms with Crippen LogP contribution in [0.1, 0.15) is 32.4 Å². The van der Waals surface area contributed by atoms with Crippen LogP contribution in [0.2, 0.25) is 0 Å². The Hall–Kier alpha value is -1.22. The molecule has 0 aromatic heterocycles. The maximum atomic E-state index is 9.58. The lowest BCUT2D eigenvalue weighted by atomic mass is 9.83. The van der Waals surface area contributed by atoms with Gasteiger partial charge in [0.15, 0.2) is 0 Å². The molecule has 0 aliphatic carbocycles. The van der Waals surface area contributed by atoms with Crippen LogP contribution in [0, 0.1) is 5.41 Å². The highest BCUT2D eigenvalue weighted by molar-refractivity contribution is 5.41. The molecule has 3 nitrogen and oxygen atoms in total. The molecule has 0 radical (unpaired) electrons. The fraction of sp³-hybridized carbons (Fsp3) is 0.455. The van der Waals surface area contributed by atoms with Crippen molar-refractivity contribution < 1.29 is 10.2 Å². The molecule has 0 saturated heterocycles. The second-order valence-electron chi connectivity index (χ2n) is 4.59. The molecule has 0 fully saturated rings. The summed E-state index contributed by atoms with van der Waals surface area (Å²) in [4.78, 5) is 0. The third-order valence-electron chi connectivity index (χ3n) is 2.28. The molecular formula is C11H17NO2. The predicted octanol–water partition coefficient (Wildman–Crippen LogP) is 2.14. The lowest BCUT2D eigenvalue weighted by Crippen LogP contribution is -2.26. The first kappa shape index (κ1) is 10.9. The maximum Gasteiger partial charge on any atom is 0.120 e. The zero-order valence-electron chi connectivity index (χ0n) is 8.78. The second-order valence-corrected chi connectivity index (χ2v) is 4.59. The van der Waals surface area contributed by atoms with Crippen molar-refractivity contribution in [1.29, 1.82) is 0 Å². The molecule has 0 heterocycles. The SMILES string of the molecule is CC(C)(C)[C@H](N)c1cc(O)ccc1O. The molecule has 3 heteroatoms. The van der Waals surface area contributed by atoms with Gasteiger partial charge in [-0.15, -0.1) is 0 Å². The maximum absolute atomic E-state index is 9.58. The highest BCUT2D eigenvalue weighted by Crippen LogP contribution is 2.36. The van der Waals surface area contributed by atoms with Crippen molar-refractivity contribution in [2.24, 2.45) is 11.1 Å². The molecule has 0 saturated carbocycles. The summed E-state index contributed by atoms with van der Waals surface area (Å²) in [5.41, 5.74) is 6.40. The summed E-state index contributed by atoms with van der Waals surface area (Å²) in [6.45, 7) is 5.96. The Kier molecular flexibility index (Phi) is 2.71. The quantitative estimate of drug-likeness (QED) is 0.601. The van der Waals surface area contributed by atoms with E-state index in [9.17, 15) is 10.2 Å². The Labute approximate surface area is 84.2 Å². The van der Waals surface area contributed by atoms with E-state index < -0.39 is 0 Å². The van der Waals surface area contributed by atoms with Crippen molar-refractivity contribution in [3.8, 4) is 11.5 Å². The highest BCUT2D eigenvalue weighted by atomic mass is 16.3. The van der Waals surface area contributed by atoms with Crippen LogP contribution in [0.5, 0.6) is 11.5 Å². The van der Waals surface area contributed by atoms with E-state index in [4.69, 9.17) is 5.73 Å². The minimum atomic E-state index is -0.297. The van der Waals surface area contributed by atoms with Gasteiger partial charge in [0.05, 0.1) is 0 Å². The van der Waals surface area contributed by atoms with E-state index in [1.165, 1.54) is 18.2 Å². The highest BCUT2D eigenvalue weighted by Gasteiger charge is 2.24. The Morgan fingerprint density at radius 2 is 1.79 bits per heavy atom. The average molecular weight is 195 g/mol. The third-order valence-corrected chi connectivity index (χ3v) is 2.28. The molecule has 1 rings (SSSR count). The van der Waals surface area contributed by atoms with Gasteiger partial charge in [0.2, 0.25) is 0 Å². The molecule has 0 aliphatic rings. The number of phenols is 2. The largest absolute Gasteiger partial charge is 0.508 e. The molecular weight excluding hydrogens is 178 g/mol. The van der Waals surface area contributed by atoms with Crippen LogP contribution < -0.4 is 5.73 Å². The molecule has 4 N–H and O–H groups in total. The molecule has 0 bridgehead atoms. The van der Waals surface area contributed by atoms with Gasteiger partial charge in [-0.05, 0) is 23.6 Å². The van der Waals surface area contributed by atoms with Crippen LogP contribution in [0.3, 0.4) is 0 Å². The van der Waals surface area contributed by atoms with Gasteiger partial charge in [0.1, 0.15) is 11.5 Å². The van der Waals surface area contributed by atoms with E-state index in [1.807, 2.05) is 20.8 Å². The van der Waals surface area contributed by atoms with Crippen LogP contribution >= 0.6 is 0 Å². The van der Waals surface area contributed by atoms with Crippen molar-refractivity contribution in [1.82, 2.24) is 0 Å². The molecule has 0 unspecified atom stereocenters. The van der Waals surface area contributed by atoms with Crippen molar-refractivity contribution in [2.45, 2.75) is 26.8 Å². The molecule has 1 aromatic carbocycles. The lowest BCUT2D eigenvalue weighted by molar-refractivity contribution is 0.316. The van der Waals surface area contributed by atoms with Crippen molar-refractivity contribution in [3.05, 3.63) is 23.8 Å². The van der Waals surface area contributed by atoms with E-state index in [2.05, 4.69) is 0 Å². The van der Waals surface area contributed by atoms with Gasteiger partial charge >= 0.3 is 0 Å². The summed E-state index contributed by atoms with van der Waals surface area (Å²) < 4.78 is 0. The lowest BCUT2D eigenvalue weighted by Gasteiger charge is -2.27. The number of phenolic OH excluding ortho intramolecular Hbond substituents is 2. The van der Waals surface area contributed by atoms with E-state index >= 15 is 0 Å². The number of nitrogens with two attached hydrogens (primary N) is 1. The fourth-order valence-electron chi connectivity index (χ4n) is 1.26. The number of hydrogen-bond acceptors (Lipinski definition) is 3. The van der Waals surface area contributed by atoms with E-state index in [0.29, 0.717) is 5.56 Å². The molecule has 0 aliphatic heterocycles. The van der Waals surface area contributed by atoms with Crippen molar-refractivity contribution >= 4 is 0 Å². The molecule has 1 aromatic rings. The summed E-state index contributed by atoms with van der Waals surface area (Å²) in [7, 11) is 0. The summed E-state index contributed by atoms with van der Waals surface area (Å²) in [6, 6.07) is 4.10. The Balaban J connectivity index is 3.12. The monoisotopic (exact) mass is 195 g/mol. The minimum Gasteiger partial charge on any atom is -0.508 e. The first-order valence-electron chi connectivity index (χ1n) is 4.60. The predicted molar refractivity (Wildman–Crippen MR) is 56.2 cm³/mol. The molecule has 0 spiro atoms. The summed E-state index contributed by atoms with van der Waals surface area (Å²) in [6.07, 6.45) is 0. The Bertz CT molecular complexity index is 329. The summed E-state index contributed by atoms with van der Waals surface area (Å²) in [5.74, 6) is 0.253. The number of benzene rings is 1. The average Bonchev–Trinajstić information content (AvgIpc) is 2.06. The second kappa shape index (κ2) is 3.50. The first-order chi connectivity index (χ1) is 6.32. The van der Waals surface area contributed by atoms with Crippen molar-refractivity contribution in [3.63, 3.8) is 0 Å². The molecule has 1 atom stereocenters. The van der Waals surface area contributed by atoms with Crippen LogP contribution in [-0.4, -0.2) is 10.2 Å². The normalized spacial score (nSPS) is 14.0. The van der Waals surface area contributed by atoms with E-state index in [0.717, 1.165) is 0 Å². The summed E-state index contributed by atoms with van der Waals surface area (Å²) >= 11 is 0. The standard InChI is InChI=1S/C11H17NO2/c1-11(2,3)10(12)8-6-7(13)4-5-9(8)14/h4-6,10,13-14H,12H2,1-3H3/t10-/m1/s1. The number of aromatic hydroxyl groups is 2. The van der Waals surface area contributed by atoms with Gasteiger partial charge in [-0.25, -0.2) is 0 Å². The van der Waals surface area contributed by atoms with Gasteiger partial charge in [-0.2, -0.15) is 0 Å². The van der Waals surface area contributed by atoms with Crippen LogP contribution in [0.25, 0.3) is 0 Å². The first-order valence-corrected chi connectivity index (χ1v) is 4.60. The molecule has 0 amide bonds. The Morgan fingerprint density at radius 3 is 2.29 bits per heavy atom. The third kappa shape index (κ3) is 2.17. The van der Waals surface area contributed by atoms with E-state index in [-0.39, 0.29) is 23.0 Å². The van der Waals surface area contributed by atoms with Gasteiger partial charge in [0.25, 0.3) is 0 Å². The van der Waals surface area contributed by atoms with Gasteiger partial charge < -0.3 is 15.9 Å². The number of hydrogen-bond donors (Lipinski definition) is 3. The van der Waals surface area contributed by atoms with Crippen LogP contribution in [-0.2, 0) is 0 Å². The smallest absolute Gasteiger partial charge is 0.120 e.